The van der Waals surface area contributed by atoms with Crippen LogP contribution in [0.25, 0.3) is 10.6 Å². The van der Waals surface area contributed by atoms with Crippen LogP contribution in [-0.2, 0) is 11.3 Å². The van der Waals surface area contributed by atoms with E-state index >= 15 is 0 Å². The van der Waals surface area contributed by atoms with Crippen LogP contribution in [-0.4, -0.2) is 61.4 Å². The van der Waals surface area contributed by atoms with Gasteiger partial charge >= 0.3 is 6.09 Å². The highest BCUT2D eigenvalue weighted by molar-refractivity contribution is 7.17. The van der Waals surface area contributed by atoms with E-state index in [1.807, 2.05) is 24.3 Å². The van der Waals surface area contributed by atoms with Gasteiger partial charge in [0, 0.05) is 37.0 Å². The second-order valence-corrected chi connectivity index (χ2v) is 10.2. The molecular weight excluding hydrogens is 518 g/mol. The molecule has 2 saturated heterocycles. The molecule has 9 nitrogen and oxygen atoms in total. The van der Waals surface area contributed by atoms with Crippen LogP contribution < -0.4 is 19.5 Å². The normalized spacial score (nSPS) is 18.7. The first-order valence-corrected chi connectivity index (χ1v) is 13.0. The first kappa shape index (κ1) is 25.2. The van der Waals surface area contributed by atoms with Crippen molar-refractivity contribution in [3.63, 3.8) is 0 Å². The van der Waals surface area contributed by atoms with Gasteiger partial charge in [-0.15, -0.1) is 0 Å². The van der Waals surface area contributed by atoms with Crippen LogP contribution in [0.15, 0.2) is 42.5 Å². The summed E-state index contributed by atoms with van der Waals surface area (Å²) in [4.78, 5) is 32.3. The van der Waals surface area contributed by atoms with Gasteiger partial charge < -0.3 is 29.2 Å². The first-order valence-electron chi connectivity index (χ1n) is 11.8. The molecule has 0 radical (unpaired) electrons. The Balaban J connectivity index is 1.43. The SMILES string of the molecule is COc1ccc(-c2nc(OC)c(C(=O)NCc3ccc(Cl)cc3)cc2O[C@H]2CCN3C(=O)OC[C@@H]3C2)s1. The molecule has 0 saturated carbocycles. The van der Waals surface area contributed by atoms with E-state index in [0.29, 0.717) is 49.0 Å². The van der Waals surface area contributed by atoms with Crippen molar-refractivity contribution in [2.24, 2.45) is 0 Å². The molecule has 0 aliphatic carbocycles. The number of benzene rings is 1. The molecular formula is C26H26ClN3O6S. The summed E-state index contributed by atoms with van der Waals surface area (Å²) in [5, 5.41) is 4.26. The molecule has 2 aromatic heterocycles. The van der Waals surface area contributed by atoms with Gasteiger partial charge in [0.05, 0.1) is 25.1 Å². The Bertz CT molecular complexity index is 1300. The van der Waals surface area contributed by atoms with E-state index in [-0.39, 0.29) is 35.6 Å². The lowest BCUT2D eigenvalue weighted by Crippen LogP contribution is -2.44. The van der Waals surface area contributed by atoms with Gasteiger partial charge in [0.15, 0.2) is 5.06 Å². The summed E-state index contributed by atoms with van der Waals surface area (Å²) in [6, 6.07) is 12.6. The van der Waals surface area contributed by atoms with Crippen molar-refractivity contribution in [3.05, 3.63) is 58.6 Å². The molecule has 1 aromatic carbocycles. The number of ether oxygens (including phenoxy) is 4. The highest BCUT2D eigenvalue weighted by Gasteiger charge is 2.39. The van der Waals surface area contributed by atoms with Gasteiger partial charge in [0.25, 0.3) is 5.91 Å². The Morgan fingerprint density at radius 2 is 2.03 bits per heavy atom. The fourth-order valence-corrected chi connectivity index (χ4v) is 5.39. The van der Waals surface area contributed by atoms with Crippen molar-refractivity contribution in [2.75, 3.05) is 27.4 Å². The Morgan fingerprint density at radius 1 is 1.22 bits per heavy atom. The zero-order valence-electron chi connectivity index (χ0n) is 20.4. The number of methoxy groups -OCH3 is 2. The van der Waals surface area contributed by atoms with Gasteiger partial charge in [0.1, 0.15) is 29.7 Å². The molecule has 0 bridgehead atoms. The number of hydrogen-bond donors (Lipinski definition) is 1. The lowest BCUT2D eigenvalue weighted by atomic mass is 10.0. The van der Waals surface area contributed by atoms with E-state index < -0.39 is 0 Å². The Labute approximate surface area is 223 Å². The number of carbonyl (C=O) groups is 2. The summed E-state index contributed by atoms with van der Waals surface area (Å²) >= 11 is 7.38. The van der Waals surface area contributed by atoms with Crippen molar-refractivity contribution < 1.29 is 28.5 Å². The van der Waals surface area contributed by atoms with Crippen molar-refractivity contribution in [1.29, 1.82) is 0 Å². The number of rotatable bonds is 8. The number of piperidine rings is 1. The lowest BCUT2D eigenvalue weighted by molar-refractivity contribution is 0.0913. The van der Waals surface area contributed by atoms with Gasteiger partial charge in [-0.3, -0.25) is 4.79 Å². The highest BCUT2D eigenvalue weighted by Crippen LogP contribution is 2.40. The number of halogens is 1. The molecule has 5 rings (SSSR count). The van der Waals surface area contributed by atoms with E-state index in [0.717, 1.165) is 15.5 Å². The number of amides is 2. The molecule has 3 aromatic rings. The van der Waals surface area contributed by atoms with Gasteiger partial charge in [-0.2, -0.15) is 0 Å². The molecule has 4 heterocycles. The lowest BCUT2D eigenvalue weighted by Gasteiger charge is -2.32. The molecule has 2 aliphatic heterocycles. The molecule has 194 valence electrons. The second kappa shape index (κ2) is 10.9. The maximum atomic E-state index is 13.2. The van der Waals surface area contributed by atoms with Gasteiger partial charge in [-0.05, 0) is 29.8 Å². The highest BCUT2D eigenvalue weighted by atomic mass is 35.5. The summed E-state index contributed by atoms with van der Waals surface area (Å²) < 4.78 is 22.5. The van der Waals surface area contributed by atoms with Crippen molar-refractivity contribution >= 4 is 34.9 Å². The predicted octanol–water partition coefficient (Wildman–Crippen LogP) is 4.77. The van der Waals surface area contributed by atoms with Crippen LogP contribution in [0.5, 0.6) is 16.7 Å². The van der Waals surface area contributed by atoms with Crippen LogP contribution in [0, 0.1) is 0 Å². The minimum atomic E-state index is -0.343. The number of thiophene rings is 1. The molecule has 37 heavy (non-hydrogen) atoms. The quantitative estimate of drug-likeness (QED) is 0.437. The Morgan fingerprint density at radius 3 is 2.76 bits per heavy atom. The van der Waals surface area contributed by atoms with Crippen molar-refractivity contribution in [1.82, 2.24) is 15.2 Å². The number of aromatic nitrogens is 1. The Kier molecular flexibility index (Phi) is 7.38. The number of nitrogens with zero attached hydrogens (tertiary/aromatic N) is 2. The molecule has 0 spiro atoms. The first-order chi connectivity index (χ1) is 17.9. The van der Waals surface area contributed by atoms with E-state index in [9.17, 15) is 9.59 Å². The largest absolute Gasteiger partial charge is 0.488 e. The fourth-order valence-electron chi connectivity index (χ4n) is 4.45. The number of cyclic esters (lactones) is 1. The minimum Gasteiger partial charge on any atom is -0.488 e. The van der Waals surface area contributed by atoms with E-state index in [4.69, 9.17) is 30.5 Å². The molecule has 2 amide bonds. The van der Waals surface area contributed by atoms with Gasteiger partial charge in [-0.25, -0.2) is 9.78 Å². The van der Waals surface area contributed by atoms with E-state index in [2.05, 4.69) is 10.3 Å². The van der Waals surface area contributed by atoms with Crippen LogP contribution in [0.1, 0.15) is 28.8 Å². The number of hydrogen-bond acceptors (Lipinski definition) is 8. The fraction of sp³-hybridized carbons (Fsp3) is 0.346. The number of carbonyl (C=O) groups excluding carboxylic acids is 2. The third-order valence-corrected chi connectivity index (χ3v) is 7.67. The topological polar surface area (TPSA) is 99.2 Å². The summed E-state index contributed by atoms with van der Waals surface area (Å²) in [5.41, 5.74) is 1.72. The van der Waals surface area contributed by atoms with E-state index in [1.54, 1.807) is 30.2 Å². The van der Waals surface area contributed by atoms with Crippen molar-refractivity contribution in [2.45, 2.75) is 31.5 Å². The van der Waals surface area contributed by atoms with E-state index in [1.165, 1.54) is 18.4 Å². The monoisotopic (exact) mass is 543 g/mol. The number of fused-ring (bicyclic) bond motifs is 1. The Hall–Kier alpha value is -3.50. The molecule has 0 unspecified atom stereocenters. The predicted molar refractivity (Wildman–Crippen MR) is 139 cm³/mol. The minimum absolute atomic E-state index is 0.0233. The van der Waals surface area contributed by atoms with Crippen LogP contribution in [0.3, 0.4) is 0 Å². The molecule has 2 aliphatic rings. The zero-order chi connectivity index (χ0) is 25.9. The van der Waals surface area contributed by atoms with Crippen molar-refractivity contribution in [3.8, 4) is 27.3 Å². The van der Waals surface area contributed by atoms with Crippen LogP contribution >= 0.6 is 22.9 Å². The maximum Gasteiger partial charge on any atom is 0.410 e. The van der Waals surface area contributed by atoms with Gasteiger partial charge in [0.2, 0.25) is 5.88 Å². The summed E-state index contributed by atoms with van der Waals surface area (Å²) in [5.74, 6) is 0.308. The van der Waals surface area contributed by atoms with Crippen LogP contribution in [0.4, 0.5) is 4.79 Å². The third-order valence-electron chi connectivity index (χ3n) is 6.37. The number of pyridine rings is 1. The summed E-state index contributed by atoms with van der Waals surface area (Å²) in [6.45, 7) is 1.22. The smallest absolute Gasteiger partial charge is 0.410 e. The molecule has 2 fully saturated rings. The average Bonchev–Trinajstić information content (AvgIpc) is 3.54. The standard InChI is InChI=1S/C26H26ClN3O6S/c1-33-22-8-7-21(37-22)23-20(36-18-9-10-30-17(11-18)14-35-26(30)32)12-19(25(29-23)34-2)24(31)28-13-15-3-5-16(27)6-4-15/h3-8,12,17-18H,9-11,13-14H2,1-2H3,(H,28,31)/t17-,18-/m0/s1. The van der Waals surface area contributed by atoms with Crippen LogP contribution in [0.2, 0.25) is 5.02 Å². The summed E-state index contributed by atoms with van der Waals surface area (Å²) in [7, 11) is 3.08. The maximum absolute atomic E-state index is 13.2. The second-order valence-electron chi connectivity index (χ2n) is 8.71. The molecule has 1 N–H and O–H groups in total. The average molecular weight is 544 g/mol. The molecule has 11 heteroatoms. The number of nitrogens with one attached hydrogen (secondary N) is 1. The summed E-state index contributed by atoms with van der Waals surface area (Å²) in [6.07, 6.45) is 0.823. The molecule has 2 atom stereocenters. The third kappa shape index (κ3) is 5.45. The van der Waals surface area contributed by atoms with Gasteiger partial charge in [-0.1, -0.05) is 35.1 Å². The zero-order valence-corrected chi connectivity index (χ0v) is 21.9.